The Morgan fingerprint density at radius 1 is 1.42 bits per heavy atom. The van der Waals surface area contributed by atoms with Crippen LogP contribution in [0.4, 0.5) is 5.69 Å². The SMILES string of the molecule is COC(=O)c1cc(B(O)O)cc([N+](=O)[O-])c1C(C)C. The van der Waals surface area contributed by atoms with Crippen LogP contribution >= 0.6 is 0 Å². The predicted octanol–water partition coefficient (Wildman–Crippen LogP) is 0.185. The van der Waals surface area contributed by atoms with Crippen LogP contribution in [-0.2, 0) is 4.74 Å². The zero-order valence-corrected chi connectivity index (χ0v) is 10.8. The van der Waals surface area contributed by atoms with Gasteiger partial charge in [-0.3, -0.25) is 10.1 Å². The number of ether oxygens (including phenoxy) is 1. The first kappa shape index (κ1) is 15.1. The van der Waals surface area contributed by atoms with E-state index in [0.717, 1.165) is 13.2 Å². The van der Waals surface area contributed by atoms with Gasteiger partial charge < -0.3 is 14.8 Å². The van der Waals surface area contributed by atoms with Crippen LogP contribution in [0.3, 0.4) is 0 Å². The summed E-state index contributed by atoms with van der Waals surface area (Å²) in [5.74, 6) is -1.05. The summed E-state index contributed by atoms with van der Waals surface area (Å²) in [4.78, 5) is 22.1. The van der Waals surface area contributed by atoms with Gasteiger partial charge in [0.15, 0.2) is 0 Å². The van der Waals surface area contributed by atoms with E-state index in [1.165, 1.54) is 6.07 Å². The van der Waals surface area contributed by atoms with E-state index in [1.54, 1.807) is 13.8 Å². The van der Waals surface area contributed by atoms with Crippen molar-refractivity contribution in [2.75, 3.05) is 7.11 Å². The quantitative estimate of drug-likeness (QED) is 0.348. The van der Waals surface area contributed by atoms with Crippen molar-refractivity contribution >= 4 is 24.2 Å². The van der Waals surface area contributed by atoms with E-state index in [-0.39, 0.29) is 28.2 Å². The van der Waals surface area contributed by atoms with Crippen molar-refractivity contribution < 1.29 is 24.5 Å². The van der Waals surface area contributed by atoms with E-state index in [1.807, 2.05) is 0 Å². The van der Waals surface area contributed by atoms with Crippen LogP contribution in [0.25, 0.3) is 0 Å². The van der Waals surface area contributed by atoms with Gasteiger partial charge in [-0.1, -0.05) is 13.8 Å². The molecule has 8 heteroatoms. The van der Waals surface area contributed by atoms with Gasteiger partial charge in [0.1, 0.15) is 0 Å². The lowest BCUT2D eigenvalue weighted by molar-refractivity contribution is -0.385. The molecule has 1 aromatic carbocycles. The number of rotatable bonds is 4. The summed E-state index contributed by atoms with van der Waals surface area (Å²) in [5, 5.41) is 29.3. The number of nitro groups is 1. The molecular weight excluding hydrogens is 253 g/mol. The van der Waals surface area contributed by atoms with E-state index >= 15 is 0 Å². The first-order valence-electron chi connectivity index (χ1n) is 5.56. The number of methoxy groups -OCH3 is 1. The van der Waals surface area contributed by atoms with Crippen LogP contribution in [0.5, 0.6) is 0 Å². The van der Waals surface area contributed by atoms with Gasteiger partial charge in [0.05, 0.1) is 17.6 Å². The Balaban J connectivity index is 3.65. The van der Waals surface area contributed by atoms with E-state index in [9.17, 15) is 14.9 Å². The number of esters is 1. The molecule has 2 N–H and O–H groups in total. The molecule has 0 aromatic heterocycles. The number of nitrogens with zero attached hydrogens (tertiary/aromatic N) is 1. The van der Waals surface area contributed by atoms with Crippen molar-refractivity contribution in [1.29, 1.82) is 0 Å². The minimum atomic E-state index is -1.90. The highest BCUT2D eigenvalue weighted by atomic mass is 16.6. The number of nitro benzene ring substituents is 1. The number of carbonyl (C=O) groups is 1. The molecular formula is C11H14BNO6. The highest BCUT2D eigenvalue weighted by molar-refractivity contribution is 6.58. The molecule has 0 fully saturated rings. The zero-order chi connectivity index (χ0) is 14.7. The summed E-state index contributed by atoms with van der Waals surface area (Å²) in [6.45, 7) is 3.40. The third kappa shape index (κ3) is 3.10. The molecule has 0 aliphatic carbocycles. The monoisotopic (exact) mass is 267 g/mol. The summed E-state index contributed by atoms with van der Waals surface area (Å²) in [7, 11) is -0.747. The van der Waals surface area contributed by atoms with Crippen molar-refractivity contribution in [1.82, 2.24) is 0 Å². The van der Waals surface area contributed by atoms with E-state index in [4.69, 9.17) is 10.0 Å². The molecule has 0 saturated heterocycles. The van der Waals surface area contributed by atoms with E-state index < -0.39 is 18.0 Å². The second kappa shape index (κ2) is 5.81. The third-order valence-electron chi connectivity index (χ3n) is 2.66. The molecule has 0 atom stereocenters. The first-order chi connectivity index (χ1) is 8.79. The molecule has 7 nitrogen and oxygen atoms in total. The summed E-state index contributed by atoms with van der Waals surface area (Å²) in [5.41, 5.74) is -0.284. The lowest BCUT2D eigenvalue weighted by Gasteiger charge is -2.13. The Hall–Kier alpha value is -1.93. The van der Waals surface area contributed by atoms with Crippen LogP contribution in [0, 0.1) is 10.1 Å². The van der Waals surface area contributed by atoms with Gasteiger partial charge in [0.25, 0.3) is 5.69 Å². The van der Waals surface area contributed by atoms with Gasteiger partial charge >= 0.3 is 13.1 Å². The highest BCUT2D eigenvalue weighted by Gasteiger charge is 2.28. The number of carbonyl (C=O) groups excluding carboxylic acids is 1. The topological polar surface area (TPSA) is 110 Å². The van der Waals surface area contributed by atoms with Crippen LogP contribution in [0.2, 0.25) is 0 Å². The maximum Gasteiger partial charge on any atom is 0.488 e. The van der Waals surface area contributed by atoms with Crippen LogP contribution in [0.1, 0.15) is 35.7 Å². The second-order valence-corrected chi connectivity index (χ2v) is 4.28. The smallest absolute Gasteiger partial charge is 0.465 e. The molecule has 0 spiro atoms. The zero-order valence-electron chi connectivity index (χ0n) is 10.8. The normalized spacial score (nSPS) is 10.4. The van der Waals surface area contributed by atoms with Gasteiger partial charge in [0, 0.05) is 11.6 Å². The minimum absolute atomic E-state index is 0.0326. The summed E-state index contributed by atoms with van der Waals surface area (Å²) < 4.78 is 4.57. The number of hydrogen-bond donors (Lipinski definition) is 2. The van der Waals surface area contributed by atoms with Gasteiger partial charge in [-0.15, -0.1) is 0 Å². The molecule has 0 unspecified atom stereocenters. The van der Waals surface area contributed by atoms with Crippen LogP contribution in [0.15, 0.2) is 12.1 Å². The van der Waals surface area contributed by atoms with Gasteiger partial charge in [-0.05, 0) is 17.4 Å². The Morgan fingerprint density at radius 2 is 2.00 bits per heavy atom. The van der Waals surface area contributed by atoms with Crippen molar-refractivity contribution in [3.8, 4) is 0 Å². The Kier molecular flexibility index (Phi) is 4.63. The molecule has 0 radical (unpaired) electrons. The lowest BCUT2D eigenvalue weighted by Crippen LogP contribution is -2.31. The molecule has 1 rings (SSSR count). The Morgan fingerprint density at radius 3 is 2.37 bits per heavy atom. The van der Waals surface area contributed by atoms with Gasteiger partial charge in [0.2, 0.25) is 0 Å². The molecule has 0 amide bonds. The fourth-order valence-corrected chi connectivity index (χ4v) is 1.85. The van der Waals surface area contributed by atoms with Gasteiger partial charge in [-0.25, -0.2) is 4.79 Å². The molecule has 0 aliphatic rings. The summed E-state index contributed by atoms with van der Waals surface area (Å²) in [6.07, 6.45) is 0. The largest absolute Gasteiger partial charge is 0.488 e. The average molecular weight is 267 g/mol. The van der Waals surface area contributed by atoms with Gasteiger partial charge in [-0.2, -0.15) is 0 Å². The standard InChI is InChI=1S/C11H14BNO6/c1-6(2)10-8(11(14)19-3)4-7(12(15)16)5-9(10)13(17)18/h4-6,15-16H,1-3H3. The molecule has 1 aromatic rings. The maximum atomic E-state index is 11.7. The van der Waals surface area contributed by atoms with Crippen molar-refractivity contribution in [3.05, 3.63) is 33.4 Å². The Labute approximate surface area is 110 Å². The molecule has 0 heterocycles. The predicted molar refractivity (Wildman–Crippen MR) is 68.4 cm³/mol. The number of benzene rings is 1. The third-order valence-corrected chi connectivity index (χ3v) is 2.66. The van der Waals surface area contributed by atoms with Crippen molar-refractivity contribution in [3.63, 3.8) is 0 Å². The number of hydrogen-bond acceptors (Lipinski definition) is 6. The molecule has 0 saturated carbocycles. The molecule has 0 bridgehead atoms. The lowest BCUT2D eigenvalue weighted by atomic mass is 9.77. The van der Waals surface area contributed by atoms with E-state index in [2.05, 4.69) is 4.74 Å². The second-order valence-electron chi connectivity index (χ2n) is 4.28. The summed E-state index contributed by atoms with van der Waals surface area (Å²) >= 11 is 0. The van der Waals surface area contributed by atoms with Crippen molar-refractivity contribution in [2.45, 2.75) is 19.8 Å². The maximum absolute atomic E-state index is 11.7. The molecule has 0 aliphatic heterocycles. The molecule has 102 valence electrons. The average Bonchev–Trinajstić information content (AvgIpc) is 2.35. The fourth-order valence-electron chi connectivity index (χ4n) is 1.85. The summed E-state index contributed by atoms with van der Waals surface area (Å²) in [6, 6.07) is 2.24. The fraction of sp³-hybridized carbons (Fsp3) is 0.364. The van der Waals surface area contributed by atoms with Crippen LogP contribution in [-0.4, -0.2) is 35.2 Å². The van der Waals surface area contributed by atoms with E-state index in [0.29, 0.717) is 0 Å². The van der Waals surface area contributed by atoms with Crippen molar-refractivity contribution in [2.24, 2.45) is 0 Å². The van der Waals surface area contributed by atoms with Crippen LogP contribution < -0.4 is 5.46 Å². The molecule has 19 heavy (non-hydrogen) atoms. The Bertz CT molecular complexity index is 514. The minimum Gasteiger partial charge on any atom is -0.465 e. The highest BCUT2D eigenvalue weighted by Crippen LogP contribution is 2.29. The first-order valence-corrected chi connectivity index (χ1v) is 5.56.